The number of hydrogen-bond donors (Lipinski definition) is 1. The van der Waals surface area contributed by atoms with Crippen molar-refractivity contribution in [2.45, 2.75) is 55.9 Å². The highest BCUT2D eigenvalue weighted by molar-refractivity contribution is 7.98. The first-order valence-corrected chi connectivity index (χ1v) is 12.4. The van der Waals surface area contributed by atoms with Gasteiger partial charge in [-0.25, -0.2) is 15.0 Å². The second kappa shape index (κ2) is 13.2. The number of nitrogens with two attached hydrogens (primary N) is 1. The number of nitrogens with zero attached hydrogens (tertiary/aromatic N) is 4. The van der Waals surface area contributed by atoms with Crippen LogP contribution in [0.25, 0.3) is 0 Å². The molecule has 174 valence electrons. The summed E-state index contributed by atoms with van der Waals surface area (Å²) in [4.78, 5) is 24.8. The molecule has 9 heteroatoms. The van der Waals surface area contributed by atoms with Gasteiger partial charge in [0.15, 0.2) is 5.16 Å². The van der Waals surface area contributed by atoms with E-state index in [1.165, 1.54) is 0 Å². The largest absolute Gasteiger partial charge is 0.330 e. The van der Waals surface area contributed by atoms with E-state index in [0.717, 1.165) is 77.2 Å². The second-order valence-electron chi connectivity index (χ2n) is 7.70. The molecule has 7 nitrogen and oxygen atoms in total. The van der Waals surface area contributed by atoms with Gasteiger partial charge in [0.1, 0.15) is 11.6 Å². The Hall–Kier alpha value is -2.55. The lowest BCUT2D eigenvalue weighted by Crippen LogP contribution is -2.08. The molecule has 0 aliphatic rings. The van der Waals surface area contributed by atoms with Gasteiger partial charge in [-0.15, -0.1) is 0 Å². The molecule has 0 saturated carbocycles. The molecule has 0 spiro atoms. The number of aryl methyl sites for hydroxylation is 3. The van der Waals surface area contributed by atoms with Crippen molar-refractivity contribution in [3.63, 3.8) is 0 Å². The van der Waals surface area contributed by atoms with Gasteiger partial charge in [0.05, 0.1) is 4.92 Å². The van der Waals surface area contributed by atoms with E-state index < -0.39 is 0 Å². The lowest BCUT2D eigenvalue weighted by molar-refractivity contribution is -0.385. The van der Waals surface area contributed by atoms with Crippen LogP contribution in [-0.4, -0.2) is 26.4 Å². The zero-order chi connectivity index (χ0) is 23.5. The third-order valence-corrected chi connectivity index (χ3v) is 6.30. The summed E-state index contributed by atoms with van der Waals surface area (Å²) in [7, 11) is 0. The molecule has 0 aliphatic carbocycles. The lowest BCUT2D eigenvalue weighted by atomic mass is 10.0. The summed E-state index contributed by atoms with van der Waals surface area (Å²) >= 11 is 7.55. The van der Waals surface area contributed by atoms with Crippen molar-refractivity contribution in [3.05, 3.63) is 86.4 Å². The second-order valence-corrected chi connectivity index (χ2v) is 9.08. The van der Waals surface area contributed by atoms with E-state index in [1.54, 1.807) is 23.9 Å². The number of para-hydroxylation sites is 1. The summed E-state index contributed by atoms with van der Waals surface area (Å²) in [5, 5.41) is 12.6. The van der Waals surface area contributed by atoms with Gasteiger partial charge in [-0.3, -0.25) is 10.1 Å². The summed E-state index contributed by atoms with van der Waals surface area (Å²) in [6.07, 6.45) is 5.76. The van der Waals surface area contributed by atoms with Crippen molar-refractivity contribution in [3.8, 4) is 0 Å². The van der Waals surface area contributed by atoms with Crippen LogP contribution in [0.1, 0.15) is 48.5 Å². The highest BCUT2D eigenvalue weighted by Gasteiger charge is 2.12. The Balaban J connectivity index is 1.55. The Labute approximate surface area is 203 Å². The molecular weight excluding hydrogens is 458 g/mol. The van der Waals surface area contributed by atoms with Crippen LogP contribution in [0, 0.1) is 10.1 Å². The average Bonchev–Trinajstić information content (AvgIpc) is 2.82. The van der Waals surface area contributed by atoms with Crippen molar-refractivity contribution in [1.29, 1.82) is 0 Å². The van der Waals surface area contributed by atoms with Gasteiger partial charge in [0, 0.05) is 35.2 Å². The molecule has 3 aromatic rings. The minimum Gasteiger partial charge on any atom is -0.330 e. The van der Waals surface area contributed by atoms with Gasteiger partial charge in [0.2, 0.25) is 0 Å². The third-order valence-electron chi connectivity index (χ3n) is 5.13. The van der Waals surface area contributed by atoms with Crippen LogP contribution in [0.5, 0.6) is 0 Å². The number of hydrogen-bond acceptors (Lipinski definition) is 7. The van der Waals surface area contributed by atoms with Gasteiger partial charge in [-0.2, -0.15) is 0 Å². The van der Waals surface area contributed by atoms with Crippen LogP contribution in [0.4, 0.5) is 5.69 Å². The van der Waals surface area contributed by atoms with E-state index in [4.69, 9.17) is 17.3 Å². The van der Waals surface area contributed by atoms with Gasteiger partial charge in [-0.05, 0) is 49.9 Å². The van der Waals surface area contributed by atoms with E-state index in [-0.39, 0.29) is 10.6 Å². The maximum absolute atomic E-state index is 11.2. The van der Waals surface area contributed by atoms with Crippen LogP contribution < -0.4 is 5.73 Å². The fourth-order valence-electron chi connectivity index (χ4n) is 3.40. The predicted molar refractivity (Wildman–Crippen MR) is 133 cm³/mol. The van der Waals surface area contributed by atoms with Crippen LogP contribution in [0.2, 0.25) is 5.02 Å². The van der Waals surface area contributed by atoms with Gasteiger partial charge >= 0.3 is 0 Å². The van der Waals surface area contributed by atoms with Gasteiger partial charge in [0.25, 0.3) is 5.69 Å². The molecule has 0 unspecified atom stereocenters. The topological polar surface area (TPSA) is 108 Å². The Morgan fingerprint density at radius 2 is 1.55 bits per heavy atom. The lowest BCUT2D eigenvalue weighted by Gasteiger charge is -2.08. The fourth-order valence-corrected chi connectivity index (χ4v) is 4.35. The number of nitro benzene ring substituents is 1. The summed E-state index contributed by atoms with van der Waals surface area (Å²) in [5.74, 6) is 2.33. The van der Waals surface area contributed by atoms with Crippen LogP contribution in [-0.2, 0) is 25.0 Å². The quantitative estimate of drug-likeness (QED) is 0.146. The first-order valence-electron chi connectivity index (χ1n) is 11.1. The van der Waals surface area contributed by atoms with Gasteiger partial charge < -0.3 is 5.73 Å². The molecule has 2 aromatic carbocycles. The van der Waals surface area contributed by atoms with Crippen molar-refractivity contribution >= 4 is 29.1 Å². The fraction of sp³-hybridized carbons (Fsp3) is 0.375. The SMILES string of the molecule is NCCCc1nc(CCCCCc2ccccc2[N+](=O)[O-])nc(SCc2ccc(Cl)cc2)n1. The Morgan fingerprint density at radius 1 is 0.879 bits per heavy atom. The molecule has 2 N–H and O–H groups in total. The van der Waals surface area contributed by atoms with Crippen LogP contribution in [0.15, 0.2) is 53.7 Å². The van der Waals surface area contributed by atoms with Crippen molar-refractivity contribution in [1.82, 2.24) is 15.0 Å². The molecule has 33 heavy (non-hydrogen) atoms. The zero-order valence-electron chi connectivity index (χ0n) is 18.5. The zero-order valence-corrected chi connectivity index (χ0v) is 20.0. The number of halogens is 1. The highest BCUT2D eigenvalue weighted by Crippen LogP contribution is 2.22. The molecule has 0 atom stereocenters. The molecule has 0 saturated heterocycles. The number of thioether (sulfide) groups is 1. The third kappa shape index (κ3) is 8.38. The van der Waals surface area contributed by atoms with Crippen molar-refractivity contribution in [2.75, 3.05) is 6.54 Å². The number of unbranched alkanes of at least 4 members (excludes halogenated alkanes) is 2. The minimum absolute atomic E-state index is 0.196. The minimum atomic E-state index is -0.313. The highest BCUT2D eigenvalue weighted by atomic mass is 35.5. The molecule has 0 aliphatic heterocycles. The first-order chi connectivity index (χ1) is 16.0. The Bertz CT molecular complexity index is 1050. The average molecular weight is 486 g/mol. The number of nitro groups is 1. The molecule has 0 bridgehead atoms. The van der Waals surface area contributed by atoms with Crippen molar-refractivity contribution < 1.29 is 4.92 Å². The molecule has 0 fully saturated rings. The standard InChI is InChI=1S/C24H28ClN5O2S/c25-20-14-12-18(13-15-20)17-33-24-28-22(27-23(29-24)11-6-16-26)10-3-1-2-7-19-8-4-5-9-21(19)30(31)32/h4-5,8-9,12-15H,1-3,6-7,10-11,16-17,26H2. The smallest absolute Gasteiger partial charge is 0.272 e. The molecule has 3 rings (SSSR count). The van der Waals surface area contributed by atoms with E-state index in [9.17, 15) is 10.1 Å². The number of rotatable bonds is 13. The normalized spacial score (nSPS) is 11.0. The predicted octanol–water partition coefficient (Wildman–Crippen LogP) is 5.57. The van der Waals surface area contributed by atoms with E-state index in [1.807, 2.05) is 36.4 Å². The number of benzene rings is 2. The summed E-state index contributed by atoms with van der Waals surface area (Å²) in [5.41, 5.74) is 7.80. The van der Waals surface area contributed by atoms with E-state index in [2.05, 4.69) is 15.0 Å². The molecule has 0 radical (unpaired) electrons. The summed E-state index contributed by atoms with van der Waals surface area (Å²) in [6.45, 7) is 0.597. The number of aromatic nitrogens is 3. The van der Waals surface area contributed by atoms with E-state index >= 15 is 0 Å². The van der Waals surface area contributed by atoms with Crippen molar-refractivity contribution in [2.24, 2.45) is 5.73 Å². The molecule has 1 aromatic heterocycles. The van der Waals surface area contributed by atoms with Gasteiger partial charge in [-0.1, -0.05) is 60.1 Å². The van der Waals surface area contributed by atoms with Crippen LogP contribution in [0.3, 0.4) is 0 Å². The summed E-state index contributed by atoms with van der Waals surface area (Å²) < 4.78 is 0. The first kappa shape index (κ1) is 25.1. The Morgan fingerprint density at radius 3 is 2.24 bits per heavy atom. The molecule has 1 heterocycles. The maximum atomic E-state index is 11.2. The van der Waals surface area contributed by atoms with E-state index in [0.29, 0.717) is 13.0 Å². The van der Waals surface area contributed by atoms with Crippen LogP contribution >= 0.6 is 23.4 Å². The Kier molecular flexibility index (Phi) is 10.1. The maximum Gasteiger partial charge on any atom is 0.272 e. The summed E-state index contributed by atoms with van der Waals surface area (Å²) in [6, 6.07) is 14.7. The molecular formula is C24H28ClN5O2S. The monoisotopic (exact) mass is 485 g/mol. The molecule has 0 amide bonds.